The maximum atomic E-state index is 13.5. The van der Waals surface area contributed by atoms with E-state index in [0.29, 0.717) is 12.6 Å². The molecule has 0 saturated heterocycles. The average Bonchev–Trinajstić information content (AvgIpc) is 2.32. The highest BCUT2D eigenvalue weighted by atomic mass is 19.1. The number of anilines is 1. The van der Waals surface area contributed by atoms with Crippen LogP contribution in [0.5, 0.6) is 0 Å². The van der Waals surface area contributed by atoms with Crippen molar-refractivity contribution in [3.63, 3.8) is 0 Å². The molecule has 104 valence electrons. The molecule has 1 unspecified atom stereocenters. The molecule has 1 aromatic carbocycles. The van der Waals surface area contributed by atoms with Gasteiger partial charge in [-0.05, 0) is 13.1 Å². The Kier molecular flexibility index (Phi) is 4.94. The van der Waals surface area contributed by atoms with Crippen LogP contribution in [0.3, 0.4) is 0 Å². The molecule has 0 radical (unpaired) electrons. The summed E-state index contributed by atoms with van der Waals surface area (Å²) in [6, 6.07) is 1.40. The zero-order valence-corrected chi connectivity index (χ0v) is 10.6. The first kappa shape index (κ1) is 15.0. The molecule has 0 aromatic heterocycles. The highest BCUT2D eigenvalue weighted by molar-refractivity contribution is 5.97. The Balaban J connectivity index is 2.98. The van der Waals surface area contributed by atoms with Crippen LogP contribution in [0.1, 0.15) is 17.3 Å². The van der Waals surface area contributed by atoms with E-state index in [0.717, 1.165) is 6.07 Å². The van der Waals surface area contributed by atoms with Crippen LogP contribution in [0.25, 0.3) is 0 Å². The molecule has 1 atom stereocenters. The fraction of sp³-hybridized carbons (Fsp3) is 0.333. The number of benzene rings is 1. The maximum Gasteiger partial charge on any atom is 0.251 e. The Hall–Kier alpha value is -2.02. The lowest BCUT2D eigenvalue weighted by molar-refractivity contribution is -0.119. The Bertz CT molecular complexity index is 506. The molecule has 5 nitrogen and oxygen atoms in total. The highest BCUT2D eigenvalue weighted by Gasteiger charge is 2.18. The van der Waals surface area contributed by atoms with Crippen molar-refractivity contribution in [2.45, 2.75) is 6.92 Å². The van der Waals surface area contributed by atoms with Gasteiger partial charge in [-0.2, -0.15) is 0 Å². The van der Waals surface area contributed by atoms with E-state index in [1.165, 1.54) is 0 Å². The molecule has 2 amide bonds. The fourth-order valence-corrected chi connectivity index (χ4v) is 1.49. The minimum Gasteiger partial charge on any atom is -0.366 e. The van der Waals surface area contributed by atoms with Crippen molar-refractivity contribution in [3.8, 4) is 0 Å². The molecule has 0 aliphatic heterocycles. The molecule has 0 bridgehead atoms. The van der Waals surface area contributed by atoms with Crippen LogP contribution in [-0.2, 0) is 4.79 Å². The van der Waals surface area contributed by atoms with E-state index < -0.39 is 34.9 Å². The number of amides is 2. The summed E-state index contributed by atoms with van der Waals surface area (Å²) in [5.41, 5.74) is 4.20. The summed E-state index contributed by atoms with van der Waals surface area (Å²) < 4.78 is 26.7. The topological polar surface area (TPSA) is 84.2 Å². The van der Waals surface area contributed by atoms with Crippen LogP contribution in [0.4, 0.5) is 14.5 Å². The summed E-state index contributed by atoms with van der Waals surface area (Å²) in [7, 11) is 1.67. The van der Waals surface area contributed by atoms with Gasteiger partial charge in [-0.1, -0.05) is 6.92 Å². The lowest BCUT2D eigenvalue weighted by Crippen LogP contribution is -2.29. The van der Waals surface area contributed by atoms with Crippen molar-refractivity contribution in [2.24, 2.45) is 11.7 Å². The summed E-state index contributed by atoms with van der Waals surface area (Å²) in [6.45, 7) is 2.04. The van der Waals surface area contributed by atoms with Gasteiger partial charge in [0, 0.05) is 18.5 Å². The molecule has 0 saturated carbocycles. The van der Waals surface area contributed by atoms with Gasteiger partial charge in [0.1, 0.15) is 11.6 Å². The van der Waals surface area contributed by atoms with E-state index in [1.54, 1.807) is 14.0 Å². The van der Waals surface area contributed by atoms with Gasteiger partial charge in [-0.15, -0.1) is 0 Å². The van der Waals surface area contributed by atoms with E-state index in [2.05, 4.69) is 10.6 Å². The molecule has 0 aliphatic carbocycles. The lowest BCUT2D eigenvalue weighted by atomic mass is 10.1. The second-order valence-corrected chi connectivity index (χ2v) is 4.12. The molecule has 1 aromatic rings. The highest BCUT2D eigenvalue weighted by Crippen LogP contribution is 2.20. The number of nitrogens with two attached hydrogens (primary N) is 1. The SMILES string of the molecule is CNCC(C)C(=O)Nc1cc(C(N)=O)c(F)cc1F. The lowest BCUT2D eigenvalue weighted by Gasteiger charge is -2.13. The Morgan fingerprint density at radius 1 is 1.32 bits per heavy atom. The summed E-state index contributed by atoms with van der Waals surface area (Å²) in [4.78, 5) is 22.6. The third-order valence-electron chi connectivity index (χ3n) is 2.54. The molecule has 0 heterocycles. The largest absolute Gasteiger partial charge is 0.366 e. The second kappa shape index (κ2) is 6.24. The number of carbonyl (C=O) groups excluding carboxylic acids is 2. The van der Waals surface area contributed by atoms with Crippen molar-refractivity contribution in [3.05, 3.63) is 29.3 Å². The molecule has 19 heavy (non-hydrogen) atoms. The number of hydrogen-bond acceptors (Lipinski definition) is 3. The van der Waals surface area contributed by atoms with Crippen molar-refractivity contribution < 1.29 is 18.4 Å². The van der Waals surface area contributed by atoms with Crippen LogP contribution < -0.4 is 16.4 Å². The molecular formula is C12H15F2N3O2. The minimum absolute atomic E-state index is 0.275. The molecule has 4 N–H and O–H groups in total. The quantitative estimate of drug-likeness (QED) is 0.742. The van der Waals surface area contributed by atoms with Gasteiger partial charge >= 0.3 is 0 Å². The van der Waals surface area contributed by atoms with Gasteiger partial charge in [-0.3, -0.25) is 9.59 Å². The minimum atomic E-state index is -1.06. The third-order valence-corrected chi connectivity index (χ3v) is 2.54. The third kappa shape index (κ3) is 3.72. The van der Waals surface area contributed by atoms with E-state index in [4.69, 9.17) is 5.73 Å². The summed E-state index contributed by atoms with van der Waals surface area (Å²) in [6.07, 6.45) is 0. The molecule has 0 aliphatic rings. The summed E-state index contributed by atoms with van der Waals surface area (Å²) in [5.74, 6) is -3.92. The van der Waals surface area contributed by atoms with E-state index in [9.17, 15) is 18.4 Å². The first-order valence-electron chi connectivity index (χ1n) is 5.61. The van der Waals surface area contributed by atoms with Gasteiger partial charge in [0.2, 0.25) is 5.91 Å². The monoisotopic (exact) mass is 271 g/mol. The van der Waals surface area contributed by atoms with Crippen LogP contribution in [-0.4, -0.2) is 25.4 Å². The zero-order chi connectivity index (χ0) is 14.6. The molecule has 1 rings (SSSR count). The normalized spacial score (nSPS) is 12.0. The van der Waals surface area contributed by atoms with Gasteiger partial charge < -0.3 is 16.4 Å². The molecular weight excluding hydrogens is 256 g/mol. The van der Waals surface area contributed by atoms with Crippen molar-refractivity contribution in [1.29, 1.82) is 0 Å². The van der Waals surface area contributed by atoms with Crippen LogP contribution in [0.2, 0.25) is 0 Å². The van der Waals surface area contributed by atoms with E-state index in [1.807, 2.05) is 0 Å². The first-order chi connectivity index (χ1) is 8.86. The van der Waals surface area contributed by atoms with Crippen molar-refractivity contribution in [1.82, 2.24) is 5.32 Å². The van der Waals surface area contributed by atoms with E-state index in [-0.39, 0.29) is 5.69 Å². The molecule has 0 spiro atoms. The standard InChI is InChI=1S/C12H15F2N3O2/c1-6(5-16-2)12(19)17-10-3-7(11(15)18)8(13)4-9(10)14/h3-4,6,16H,5H2,1-2H3,(H2,15,18)(H,17,19). The van der Waals surface area contributed by atoms with Gasteiger partial charge in [-0.25, -0.2) is 8.78 Å². The Morgan fingerprint density at radius 3 is 2.47 bits per heavy atom. The summed E-state index contributed by atoms with van der Waals surface area (Å²) in [5, 5.41) is 5.09. The van der Waals surface area contributed by atoms with Crippen LogP contribution >= 0.6 is 0 Å². The van der Waals surface area contributed by atoms with Crippen LogP contribution in [0, 0.1) is 17.6 Å². The number of carbonyl (C=O) groups is 2. The summed E-state index contributed by atoms with van der Waals surface area (Å²) >= 11 is 0. The molecule has 0 fully saturated rings. The Labute approximate surface area is 109 Å². The smallest absolute Gasteiger partial charge is 0.251 e. The molecule has 7 heteroatoms. The van der Waals surface area contributed by atoms with Crippen LogP contribution in [0.15, 0.2) is 12.1 Å². The Morgan fingerprint density at radius 2 is 1.95 bits per heavy atom. The zero-order valence-electron chi connectivity index (χ0n) is 10.6. The van der Waals surface area contributed by atoms with Gasteiger partial charge in [0.05, 0.1) is 11.3 Å². The van der Waals surface area contributed by atoms with Gasteiger partial charge in [0.25, 0.3) is 5.91 Å². The number of nitrogens with one attached hydrogen (secondary N) is 2. The average molecular weight is 271 g/mol. The number of rotatable bonds is 5. The van der Waals surface area contributed by atoms with Gasteiger partial charge in [0.15, 0.2) is 0 Å². The van der Waals surface area contributed by atoms with Crippen molar-refractivity contribution >= 4 is 17.5 Å². The predicted molar refractivity (Wildman–Crippen MR) is 66.6 cm³/mol. The van der Waals surface area contributed by atoms with Crippen molar-refractivity contribution in [2.75, 3.05) is 18.9 Å². The predicted octanol–water partition coefficient (Wildman–Crippen LogP) is 0.858. The van der Waals surface area contributed by atoms with E-state index >= 15 is 0 Å². The first-order valence-corrected chi connectivity index (χ1v) is 5.61. The fourth-order valence-electron chi connectivity index (χ4n) is 1.49. The maximum absolute atomic E-state index is 13.5. The number of hydrogen-bond donors (Lipinski definition) is 3. The number of halogens is 2. The second-order valence-electron chi connectivity index (χ2n) is 4.12. The number of primary amides is 1.